The lowest BCUT2D eigenvalue weighted by Gasteiger charge is -2.30. The Balaban J connectivity index is 1.74. The van der Waals surface area contributed by atoms with E-state index in [9.17, 15) is 18.0 Å². The Bertz CT molecular complexity index is 1040. The van der Waals surface area contributed by atoms with Crippen LogP contribution in [0.25, 0.3) is 0 Å². The predicted molar refractivity (Wildman–Crippen MR) is 115 cm³/mol. The van der Waals surface area contributed by atoms with E-state index >= 15 is 0 Å². The van der Waals surface area contributed by atoms with E-state index in [1.54, 1.807) is 69.3 Å². The molecule has 0 radical (unpaired) electrons. The summed E-state index contributed by atoms with van der Waals surface area (Å²) < 4.78 is 32.5. The summed E-state index contributed by atoms with van der Waals surface area (Å²) in [5.41, 5.74) is 1.30. The van der Waals surface area contributed by atoms with Crippen molar-refractivity contribution in [3.05, 3.63) is 54.1 Å². The number of rotatable bonds is 5. The normalized spacial score (nSPS) is 14.0. The highest BCUT2D eigenvalue weighted by molar-refractivity contribution is 7.92. The third-order valence-corrected chi connectivity index (χ3v) is 6.54. The summed E-state index contributed by atoms with van der Waals surface area (Å²) in [5, 5.41) is 2.70. The van der Waals surface area contributed by atoms with Crippen LogP contribution >= 0.6 is 0 Å². The average Bonchev–Trinajstić information content (AvgIpc) is 2.71. The second-order valence-corrected chi connectivity index (χ2v) is 10.1. The van der Waals surface area contributed by atoms with Gasteiger partial charge in [-0.05, 0) is 69.5 Å². The molecule has 0 atom stereocenters. The summed E-state index contributed by atoms with van der Waals surface area (Å²) >= 11 is 0. The number of carbonyl (C=O) groups excluding carboxylic acids is 2. The standard InChI is InChI=1S/C22H26N2O5S/c1-22(2,3)21(26)29-15-20(25)23-17-11-12-19-16(14-17)8-7-13-24(19)30(27,28)18-9-5-4-6-10-18/h4-6,9-12,14H,7-8,13,15H2,1-3H3,(H,23,25). The minimum Gasteiger partial charge on any atom is -0.455 e. The third kappa shape index (κ3) is 4.81. The van der Waals surface area contributed by atoms with Crippen molar-refractivity contribution in [2.24, 2.45) is 5.41 Å². The van der Waals surface area contributed by atoms with E-state index in [0.29, 0.717) is 30.8 Å². The summed E-state index contributed by atoms with van der Waals surface area (Å²) in [7, 11) is -3.66. The predicted octanol–water partition coefficient (Wildman–Crippen LogP) is 3.36. The Morgan fingerprint density at radius 1 is 1.10 bits per heavy atom. The molecule has 0 aromatic heterocycles. The number of carbonyl (C=O) groups is 2. The molecule has 0 saturated heterocycles. The Morgan fingerprint density at radius 2 is 1.80 bits per heavy atom. The van der Waals surface area contributed by atoms with E-state index in [0.717, 1.165) is 5.56 Å². The first-order valence-corrected chi connectivity index (χ1v) is 11.2. The lowest BCUT2D eigenvalue weighted by Crippen LogP contribution is -2.35. The fourth-order valence-electron chi connectivity index (χ4n) is 3.15. The molecule has 160 valence electrons. The van der Waals surface area contributed by atoms with Crippen LogP contribution in [0.5, 0.6) is 0 Å². The molecule has 8 heteroatoms. The van der Waals surface area contributed by atoms with Gasteiger partial charge in [-0.1, -0.05) is 18.2 Å². The Morgan fingerprint density at radius 3 is 2.47 bits per heavy atom. The van der Waals surface area contributed by atoms with Gasteiger partial charge in [-0.15, -0.1) is 0 Å². The highest BCUT2D eigenvalue weighted by Gasteiger charge is 2.29. The lowest BCUT2D eigenvalue weighted by atomic mass is 9.97. The number of hydrogen-bond donors (Lipinski definition) is 1. The summed E-state index contributed by atoms with van der Waals surface area (Å²) in [6.45, 7) is 5.17. The number of nitrogens with zero attached hydrogens (tertiary/aromatic N) is 1. The zero-order chi connectivity index (χ0) is 21.9. The van der Waals surface area contributed by atoms with Crippen LogP contribution in [0.15, 0.2) is 53.4 Å². The number of anilines is 2. The van der Waals surface area contributed by atoms with Gasteiger partial charge in [0.05, 0.1) is 16.0 Å². The van der Waals surface area contributed by atoms with E-state index < -0.39 is 27.3 Å². The van der Waals surface area contributed by atoms with Gasteiger partial charge in [-0.2, -0.15) is 0 Å². The molecule has 0 spiro atoms. The molecular weight excluding hydrogens is 404 g/mol. The van der Waals surface area contributed by atoms with E-state index in [2.05, 4.69) is 5.32 Å². The SMILES string of the molecule is CC(C)(C)C(=O)OCC(=O)Nc1ccc2c(c1)CCCN2S(=O)(=O)c1ccccc1. The molecule has 1 amide bonds. The number of sulfonamides is 1. The van der Waals surface area contributed by atoms with Crippen LogP contribution in [-0.2, 0) is 30.8 Å². The molecule has 0 saturated carbocycles. The van der Waals surface area contributed by atoms with E-state index in [1.807, 2.05) is 0 Å². The molecule has 3 rings (SSSR count). The monoisotopic (exact) mass is 430 g/mol. The summed E-state index contributed by atoms with van der Waals surface area (Å²) in [6.07, 6.45) is 1.39. The van der Waals surface area contributed by atoms with Crippen molar-refractivity contribution in [1.29, 1.82) is 0 Å². The molecule has 2 aromatic carbocycles. The van der Waals surface area contributed by atoms with Crippen molar-refractivity contribution in [1.82, 2.24) is 0 Å². The van der Waals surface area contributed by atoms with Gasteiger partial charge >= 0.3 is 5.97 Å². The molecule has 1 heterocycles. The summed E-state index contributed by atoms with van der Waals surface area (Å²) in [5.74, 6) is -0.901. The molecule has 0 aliphatic carbocycles. The number of aryl methyl sites for hydroxylation is 1. The Labute approximate surface area is 177 Å². The molecule has 7 nitrogen and oxygen atoms in total. The molecule has 1 aliphatic rings. The number of esters is 1. The molecular formula is C22H26N2O5S. The van der Waals surface area contributed by atoms with Gasteiger partial charge < -0.3 is 10.1 Å². The number of ether oxygens (including phenoxy) is 1. The summed E-state index contributed by atoms with van der Waals surface area (Å²) in [4.78, 5) is 24.2. The highest BCUT2D eigenvalue weighted by atomic mass is 32.2. The number of amides is 1. The summed E-state index contributed by atoms with van der Waals surface area (Å²) in [6, 6.07) is 13.5. The maximum atomic E-state index is 13.1. The number of nitrogens with one attached hydrogen (secondary N) is 1. The van der Waals surface area contributed by atoms with E-state index in [1.165, 1.54) is 4.31 Å². The van der Waals surface area contributed by atoms with Crippen LogP contribution in [0.4, 0.5) is 11.4 Å². The average molecular weight is 431 g/mol. The molecule has 30 heavy (non-hydrogen) atoms. The topological polar surface area (TPSA) is 92.8 Å². The van der Waals surface area contributed by atoms with Crippen LogP contribution in [0.1, 0.15) is 32.8 Å². The van der Waals surface area contributed by atoms with Crippen molar-refractivity contribution in [3.8, 4) is 0 Å². The first kappa shape index (κ1) is 21.8. The highest BCUT2D eigenvalue weighted by Crippen LogP contribution is 2.33. The molecule has 2 aromatic rings. The van der Waals surface area contributed by atoms with Gasteiger partial charge in [0.2, 0.25) is 0 Å². The quantitative estimate of drug-likeness (QED) is 0.735. The van der Waals surface area contributed by atoms with Crippen LogP contribution in [0.2, 0.25) is 0 Å². The fourth-order valence-corrected chi connectivity index (χ4v) is 4.72. The molecule has 1 N–H and O–H groups in total. The minimum atomic E-state index is -3.66. The second-order valence-electron chi connectivity index (χ2n) is 8.21. The zero-order valence-electron chi connectivity index (χ0n) is 17.3. The first-order valence-electron chi connectivity index (χ1n) is 9.77. The lowest BCUT2D eigenvalue weighted by molar-refractivity contribution is -0.155. The maximum absolute atomic E-state index is 13.1. The largest absolute Gasteiger partial charge is 0.455 e. The molecule has 0 fully saturated rings. The Kier molecular flexibility index (Phi) is 6.17. The smallest absolute Gasteiger partial charge is 0.311 e. The van der Waals surface area contributed by atoms with Crippen molar-refractivity contribution in [2.45, 2.75) is 38.5 Å². The third-order valence-electron chi connectivity index (χ3n) is 4.72. The van der Waals surface area contributed by atoms with Crippen molar-refractivity contribution in [3.63, 3.8) is 0 Å². The van der Waals surface area contributed by atoms with Crippen LogP contribution in [0.3, 0.4) is 0 Å². The van der Waals surface area contributed by atoms with Crippen molar-refractivity contribution >= 4 is 33.3 Å². The minimum absolute atomic E-state index is 0.246. The van der Waals surface area contributed by atoms with Crippen LogP contribution in [0, 0.1) is 5.41 Å². The molecule has 0 bridgehead atoms. The van der Waals surface area contributed by atoms with Crippen LogP contribution < -0.4 is 9.62 Å². The Hall–Kier alpha value is -2.87. The fraction of sp³-hybridized carbons (Fsp3) is 0.364. The van der Waals surface area contributed by atoms with Crippen molar-refractivity contribution < 1.29 is 22.7 Å². The van der Waals surface area contributed by atoms with E-state index in [4.69, 9.17) is 4.74 Å². The number of fused-ring (bicyclic) bond motifs is 1. The van der Waals surface area contributed by atoms with Gasteiger partial charge in [0.15, 0.2) is 6.61 Å². The second kappa shape index (κ2) is 8.47. The molecule has 1 aliphatic heterocycles. The van der Waals surface area contributed by atoms with Gasteiger partial charge in [0.1, 0.15) is 0 Å². The molecule has 0 unspecified atom stereocenters. The maximum Gasteiger partial charge on any atom is 0.311 e. The van der Waals surface area contributed by atoms with Crippen molar-refractivity contribution in [2.75, 3.05) is 22.8 Å². The van der Waals surface area contributed by atoms with E-state index in [-0.39, 0.29) is 11.5 Å². The number of hydrogen-bond acceptors (Lipinski definition) is 5. The van der Waals surface area contributed by atoms with Gasteiger partial charge in [-0.25, -0.2) is 8.42 Å². The van der Waals surface area contributed by atoms with Gasteiger partial charge in [-0.3, -0.25) is 13.9 Å². The number of benzene rings is 2. The van der Waals surface area contributed by atoms with Gasteiger partial charge in [0.25, 0.3) is 15.9 Å². The van der Waals surface area contributed by atoms with Crippen LogP contribution in [-0.4, -0.2) is 33.4 Å². The first-order chi connectivity index (χ1) is 14.1. The zero-order valence-corrected chi connectivity index (χ0v) is 18.2. The van der Waals surface area contributed by atoms with Gasteiger partial charge in [0, 0.05) is 12.2 Å².